The quantitative estimate of drug-likeness (QED) is 0.626. The lowest BCUT2D eigenvalue weighted by atomic mass is 10.0. The van der Waals surface area contributed by atoms with Gasteiger partial charge in [0, 0.05) is 18.9 Å². The van der Waals surface area contributed by atoms with Gasteiger partial charge in [0.2, 0.25) is 0 Å². The van der Waals surface area contributed by atoms with Crippen LogP contribution in [0.5, 0.6) is 0 Å². The van der Waals surface area contributed by atoms with E-state index in [0.717, 1.165) is 30.2 Å². The van der Waals surface area contributed by atoms with E-state index in [1.807, 2.05) is 19.9 Å². The number of hydrogen-bond donors (Lipinski definition) is 2. The zero-order valence-corrected chi connectivity index (χ0v) is 13.0. The van der Waals surface area contributed by atoms with Crippen molar-refractivity contribution in [3.8, 4) is 0 Å². The normalized spacial score (nSPS) is 12.6. The zero-order chi connectivity index (χ0) is 16.7. The molecule has 3 N–H and O–H groups in total. The summed E-state index contributed by atoms with van der Waals surface area (Å²) in [6, 6.07) is 5.49. The molecule has 0 heterocycles. The zero-order valence-electron chi connectivity index (χ0n) is 13.0. The van der Waals surface area contributed by atoms with Gasteiger partial charge in [-0.05, 0) is 30.5 Å². The number of alkyl halides is 2. The Labute approximate surface area is 129 Å². The second-order valence-corrected chi connectivity index (χ2v) is 4.86. The predicted molar refractivity (Wildman–Crippen MR) is 85.4 cm³/mol. The lowest BCUT2D eigenvalue weighted by Gasteiger charge is -2.14. The van der Waals surface area contributed by atoms with Crippen molar-refractivity contribution in [2.24, 2.45) is 10.7 Å². The summed E-state index contributed by atoms with van der Waals surface area (Å²) in [4.78, 5) is 15.9. The molecule has 1 aromatic carbocycles. The fraction of sp³-hybridized carbons (Fsp3) is 0.375. The van der Waals surface area contributed by atoms with E-state index < -0.39 is 18.0 Å². The van der Waals surface area contributed by atoms with Crippen LogP contribution in [0, 0.1) is 6.92 Å². The lowest BCUT2D eigenvalue weighted by Crippen LogP contribution is -2.23. The minimum absolute atomic E-state index is 0.318. The molecular formula is C16H21F2N3O. The molecule has 0 saturated carbocycles. The Morgan fingerprint density at radius 2 is 2.14 bits per heavy atom. The number of nitrogens with zero attached hydrogens (tertiary/aromatic N) is 1. The highest BCUT2D eigenvalue weighted by molar-refractivity contribution is 6.18. The minimum Gasteiger partial charge on any atom is -0.397 e. The fourth-order valence-electron chi connectivity index (χ4n) is 2.10. The first-order chi connectivity index (χ1) is 10.4. The number of aryl methyl sites for hydroxylation is 1. The van der Waals surface area contributed by atoms with E-state index in [2.05, 4.69) is 10.3 Å². The highest BCUT2D eigenvalue weighted by Gasteiger charge is 2.19. The average molecular weight is 309 g/mol. The Morgan fingerprint density at radius 3 is 2.68 bits per heavy atom. The van der Waals surface area contributed by atoms with Crippen LogP contribution in [0.3, 0.4) is 0 Å². The Morgan fingerprint density at radius 1 is 1.45 bits per heavy atom. The van der Waals surface area contributed by atoms with Gasteiger partial charge < -0.3 is 11.1 Å². The summed E-state index contributed by atoms with van der Waals surface area (Å²) in [5.41, 5.74) is 6.84. The van der Waals surface area contributed by atoms with E-state index >= 15 is 0 Å². The van der Waals surface area contributed by atoms with Crippen molar-refractivity contribution in [3.05, 3.63) is 40.6 Å². The largest absolute Gasteiger partial charge is 0.397 e. The van der Waals surface area contributed by atoms with E-state index in [9.17, 15) is 13.6 Å². The van der Waals surface area contributed by atoms with Gasteiger partial charge in [0.05, 0.1) is 11.3 Å². The first-order valence-electron chi connectivity index (χ1n) is 7.02. The van der Waals surface area contributed by atoms with Gasteiger partial charge >= 0.3 is 0 Å². The summed E-state index contributed by atoms with van der Waals surface area (Å²) in [5, 5.41) is 2.66. The van der Waals surface area contributed by atoms with Crippen molar-refractivity contribution < 1.29 is 13.6 Å². The van der Waals surface area contributed by atoms with Crippen molar-refractivity contribution in [1.29, 1.82) is 0 Å². The van der Waals surface area contributed by atoms with Crippen LogP contribution in [0.4, 0.5) is 14.5 Å². The molecule has 0 radical (unpaired) electrons. The minimum atomic E-state index is -2.91. The molecule has 0 saturated heterocycles. The third kappa shape index (κ3) is 4.38. The molecule has 0 unspecified atom stereocenters. The van der Waals surface area contributed by atoms with E-state index in [0.29, 0.717) is 5.69 Å². The third-order valence-electron chi connectivity index (χ3n) is 3.21. The first-order valence-corrected chi connectivity index (χ1v) is 7.02. The molecule has 0 spiro atoms. The molecule has 4 nitrogen and oxygen atoms in total. The van der Waals surface area contributed by atoms with Crippen LogP contribution in [-0.2, 0) is 11.2 Å². The summed E-state index contributed by atoms with van der Waals surface area (Å²) >= 11 is 0. The molecule has 1 rings (SSSR count). The average Bonchev–Trinajstić information content (AvgIpc) is 2.47. The molecule has 1 amide bonds. The molecule has 0 aromatic heterocycles. The van der Waals surface area contributed by atoms with Crippen LogP contribution in [0.25, 0.3) is 0 Å². The van der Waals surface area contributed by atoms with Crippen LogP contribution >= 0.6 is 0 Å². The van der Waals surface area contributed by atoms with Crippen molar-refractivity contribution in [2.75, 3.05) is 12.4 Å². The number of hydrogen-bond acceptors (Lipinski definition) is 3. The predicted octanol–water partition coefficient (Wildman–Crippen LogP) is 3.06. The number of benzene rings is 1. The number of allylic oxidation sites excluding steroid dienone is 1. The van der Waals surface area contributed by atoms with Crippen LogP contribution in [0.15, 0.2) is 34.5 Å². The Kier molecular flexibility index (Phi) is 6.69. The van der Waals surface area contributed by atoms with Crippen molar-refractivity contribution in [3.63, 3.8) is 0 Å². The molecule has 0 aliphatic carbocycles. The van der Waals surface area contributed by atoms with Gasteiger partial charge in [-0.25, -0.2) is 8.78 Å². The maximum Gasteiger partial charge on any atom is 0.278 e. The van der Waals surface area contributed by atoms with E-state index in [1.165, 1.54) is 7.05 Å². The smallest absolute Gasteiger partial charge is 0.278 e. The molecular weight excluding hydrogens is 288 g/mol. The molecule has 6 heteroatoms. The lowest BCUT2D eigenvalue weighted by molar-refractivity contribution is -0.112. The van der Waals surface area contributed by atoms with E-state index in [4.69, 9.17) is 5.73 Å². The number of aliphatic imine (C=N–C) groups is 1. The van der Waals surface area contributed by atoms with Crippen LogP contribution in [0.1, 0.15) is 24.5 Å². The van der Waals surface area contributed by atoms with Crippen molar-refractivity contribution in [2.45, 2.75) is 33.1 Å². The topological polar surface area (TPSA) is 67.5 Å². The number of anilines is 1. The van der Waals surface area contributed by atoms with Gasteiger partial charge in [0.1, 0.15) is 0 Å². The number of nitrogens with two attached hydrogens (primary N) is 1. The Balaban J connectivity index is 3.16. The van der Waals surface area contributed by atoms with E-state index in [-0.39, 0.29) is 5.57 Å². The summed E-state index contributed by atoms with van der Waals surface area (Å²) < 4.78 is 25.5. The van der Waals surface area contributed by atoms with Gasteiger partial charge in [-0.1, -0.05) is 25.5 Å². The maximum atomic E-state index is 12.7. The molecule has 0 bridgehead atoms. The standard InChI is InChI=1S/C16H21F2N3O/c1-4-6-11-10(2)7-5-8-13(11)21-16(22)12(9-20-3)14(19)15(17)18/h5,7-9,15H,4,6,19H2,1-3H3,(H,21,22). The highest BCUT2D eigenvalue weighted by atomic mass is 19.3. The van der Waals surface area contributed by atoms with Crippen molar-refractivity contribution >= 4 is 17.8 Å². The third-order valence-corrected chi connectivity index (χ3v) is 3.21. The molecule has 22 heavy (non-hydrogen) atoms. The van der Waals surface area contributed by atoms with Gasteiger partial charge in [0.15, 0.2) is 0 Å². The number of carbonyl (C=O) groups is 1. The molecule has 120 valence electrons. The number of amides is 1. The Hall–Kier alpha value is -2.24. The van der Waals surface area contributed by atoms with E-state index in [1.54, 1.807) is 12.1 Å². The summed E-state index contributed by atoms with van der Waals surface area (Å²) in [7, 11) is 1.39. The molecule has 0 aliphatic rings. The van der Waals surface area contributed by atoms with Gasteiger partial charge in [-0.3, -0.25) is 9.79 Å². The SMILES string of the molecule is CCCc1c(C)cccc1NC(=O)C(C=NC)=C(N)C(F)F. The summed E-state index contributed by atoms with van der Waals surface area (Å²) in [6.45, 7) is 3.97. The molecule has 0 fully saturated rings. The van der Waals surface area contributed by atoms with Gasteiger partial charge in [0.25, 0.3) is 12.3 Å². The summed E-state index contributed by atoms with van der Waals surface area (Å²) in [6.07, 6.45) is -0.169. The highest BCUT2D eigenvalue weighted by Crippen LogP contribution is 2.22. The van der Waals surface area contributed by atoms with Crippen LogP contribution < -0.4 is 11.1 Å². The number of carbonyl (C=O) groups excluding carboxylic acids is 1. The van der Waals surface area contributed by atoms with Gasteiger partial charge in [-0.2, -0.15) is 0 Å². The number of halogens is 2. The van der Waals surface area contributed by atoms with Crippen LogP contribution in [-0.4, -0.2) is 25.6 Å². The fourth-order valence-corrected chi connectivity index (χ4v) is 2.10. The Bertz CT molecular complexity index is 595. The van der Waals surface area contributed by atoms with Crippen molar-refractivity contribution in [1.82, 2.24) is 0 Å². The number of nitrogens with one attached hydrogen (secondary N) is 1. The first kappa shape index (κ1) is 17.8. The van der Waals surface area contributed by atoms with Crippen LogP contribution in [0.2, 0.25) is 0 Å². The maximum absolute atomic E-state index is 12.7. The van der Waals surface area contributed by atoms with Gasteiger partial charge in [-0.15, -0.1) is 0 Å². The monoisotopic (exact) mass is 309 g/mol. The second-order valence-electron chi connectivity index (χ2n) is 4.86. The summed E-state index contributed by atoms with van der Waals surface area (Å²) in [5.74, 6) is -0.689. The molecule has 1 aromatic rings. The molecule has 0 aliphatic heterocycles. The number of rotatable bonds is 6. The second kappa shape index (κ2) is 8.26. The molecule has 0 atom stereocenters.